The first-order valence-electron chi connectivity index (χ1n) is 6.84. The summed E-state index contributed by atoms with van der Waals surface area (Å²) in [4.78, 5) is 14.0. The summed E-state index contributed by atoms with van der Waals surface area (Å²) in [5.74, 6) is 0. The van der Waals surface area contributed by atoms with Crippen molar-refractivity contribution < 1.29 is 9.53 Å². The van der Waals surface area contributed by atoms with E-state index in [0.717, 1.165) is 25.8 Å². The normalized spacial score (nSPS) is 21.2. The minimum absolute atomic E-state index is 0.0786. The minimum Gasteiger partial charge on any atom is -0.444 e. The third-order valence-electron chi connectivity index (χ3n) is 3.35. The van der Waals surface area contributed by atoms with Gasteiger partial charge in [0.25, 0.3) is 0 Å². The second kappa shape index (κ2) is 5.47. The Labute approximate surface area is 111 Å². The molecule has 0 spiro atoms. The number of carbonyl (C=O) groups excluding carboxylic acids is 1. The van der Waals surface area contributed by atoms with Gasteiger partial charge in [-0.15, -0.1) is 0 Å². The molecule has 1 aliphatic heterocycles. The van der Waals surface area contributed by atoms with Gasteiger partial charge in [0.1, 0.15) is 5.60 Å². The van der Waals surface area contributed by atoms with Gasteiger partial charge in [0.2, 0.25) is 0 Å². The number of likely N-dealkylation sites (tertiary alicyclic amines) is 1. The van der Waals surface area contributed by atoms with Gasteiger partial charge in [0.05, 0.1) is 0 Å². The van der Waals surface area contributed by atoms with E-state index >= 15 is 0 Å². The first-order valence-corrected chi connectivity index (χ1v) is 6.84. The number of nitrogens with zero attached hydrogens (tertiary/aromatic N) is 1. The molecule has 18 heavy (non-hydrogen) atoms. The molecule has 0 saturated carbocycles. The Balaban J connectivity index is 2.62. The molecule has 1 saturated heterocycles. The number of carbonyl (C=O) groups is 1. The average molecular weight is 256 g/mol. The minimum atomic E-state index is -0.423. The molecule has 0 radical (unpaired) electrons. The van der Waals surface area contributed by atoms with E-state index in [2.05, 4.69) is 13.8 Å². The first kappa shape index (κ1) is 15.3. The summed E-state index contributed by atoms with van der Waals surface area (Å²) >= 11 is 0. The summed E-state index contributed by atoms with van der Waals surface area (Å²) < 4.78 is 5.46. The van der Waals surface area contributed by atoms with Crippen molar-refractivity contribution in [2.75, 3.05) is 13.1 Å². The predicted molar refractivity (Wildman–Crippen MR) is 73.4 cm³/mol. The summed E-state index contributed by atoms with van der Waals surface area (Å²) in [6, 6.07) is 0.276. The van der Waals surface area contributed by atoms with Crippen LogP contribution in [0.4, 0.5) is 4.79 Å². The summed E-state index contributed by atoms with van der Waals surface area (Å²) in [5, 5.41) is 0. The fraction of sp³-hybridized carbons (Fsp3) is 0.929. The fourth-order valence-corrected chi connectivity index (χ4v) is 2.33. The van der Waals surface area contributed by atoms with Crippen molar-refractivity contribution in [3.05, 3.63) is 0 Å². The van der Waals surface area contributed by atoms with Gasteiger partial charge in [-0.2, -0.15) is 0 Å². The van der Waals surface area contributed by atoms with E-state index in [0.29, 0.717) is 6.54 Å². The van der Waals surface area contributed by atoms with Crippen molar-refractivity contribution in [1.82, 2.24) is 4.90 Å². The highest BCUT2D eigenvalue weighted by molar-refractivity contribution is 5.68. The van der Waals surface area contributed by atoms with Crippen LogP contribution in [0.1, 0.15) is 53.9 Å². The lowest BCUT2D eigenvalue weighted by atomic mass is 9.85. The smallest absolute Gasteiger partial charge is 0.410 e. The number of hydrogen-bond acceptors (Lipinski definition) is 3. The Morgan fingerprint density at radius 1 is 1.33 bits per heavy atom. The van der Waals surface area contributed by atoms with Crippen LogP contribution in [0, 0.1) is 5.41 Å². The fourth-order valence-electron chi connectivity index (χ4n) is 2.33. The van der Waals surface area contributed by atoms with Crippen molar-refractivity contribution in [3.63, 3.8) is 0 Å². The quantitative estimate of drug-likeness (QED) is 0.844. The summed E-state index contributed by atoms with van der Waals surface area (Å²) in [7, 11) is 0. The van der Waals surface area contributed by atoms with E-state index in [9.17, 15) is 4.79 Å². The zero-order valence-corrected chi connectivity index (χ0v) is 12.5. The summed E-state index contributed by atoms with van der Waals surface area (Å²) in [6.07, 6.45) is 2.88. The maximum Gasteiger partial charge on any atom is 0.410 e. The first-order chi connectivity index (χ1) is 8.14. The standard InChI is InChI=1S/C14H28N2O2/c1-13(2,3)18-12(17)16-8-6-7-11(16)9-14(4,5)10-15/h11H,6-10,15H2,1-5H3. The van der Waals surface area contributed by atoms with Gasteiger partial charge in [-0.1, -0.05) is 13.8 Å². The molecule has 4 nitrogen and oxygen atoms in total. The zero-order valence-electron chi connectivity index (χ0n) is 12.5. The van der Waals surface area contributed by atoms with Gasteiger partial charge in [-0.3, -0.25) is 0 Å². The van der Waals surface area contributed by atoms with Gasteiger partial charge in [-0.25, -0.2) is 4.79 Å². The lowest BCUT2D eigenvalue weighted by Crippen LogP contribution is -2.42. The Kier molecular flexibility index (Phi) is 4.65. The Morgan fingerprint density at radius 3 is 2.44 bits per heavy atom. The highest BCUT2D eigenvalue weighted by Crippen LogP contribution is 2.30. The highest BCUT2D eigenvalue weighted by Gasteiger charge is 2.35. The van der Waals surface area contributed by atoms with E-state index in [1.807, 2.05) is 25.7 Å². The Bertz CT molecular complexity index is 295. The van der Waals surface area contributed by atoms with Crippen LogP contribution in [0.25, 0.3) is 0 Å². The maximum atomic E-state index is 12.1. The van der Waals surface area contributed by atoms with Crippen LogP contribution in [0.15, 0.2) is 0 Å². The molecule has 1 aliphatic rings. The molecule has 1 amide bonds. The van der Waals surface area contributed by atoms with Crippen molar-refractivity contribution in [2.45, 2.75) is 65.5 Å². The van der Waals surface area contributed by atoms with Crippen molar-refractivity contribution >= 4 is 6.09 Å². The molecule has 1 rings (SSSR count). The Morgan fingerprint density at radius 2 is 1.94 bits per heavy atom. The molecule has 0 aromatic rings. The van der Waals surface area contributed by atoms with Gasteiger partial charge in [0.15, 0.2) is 0 Å². The Hall–Kier alpha value is -0.770. The molecule has 106 valence electrons. The van der Waals surface area contributed by atoms with E-state index in [1.54, 1.807) is 0 Å². The maximum absolute atomic E-state index is 12.1. The largest absolute Gasteiger partial charge is 0.444 e. The molecule has 4 heteroatoms. The molecule has 1 fully saturated rings. The highest BCUT2D eigenvalue weighted by atomic mass is 16.6. The lowest BCUT2D eigenvalue weighted by molar-refractivity contribution is 0.0194. The molecule has 0 aliphatic carbocycles. The molecule has 1 unspecified atom stereocenters. The van der Waals surface area contributed by atoms with Crippen LogP contribution in [-0.2, 0) is 4.74 Å². The molecule has 2 N–H and O–H groups in total. The van der Waals surface area contributed by atoms with Crippen LogP contribution in [0.3, 0.4) is 0 Å². The molecule has 1 heterocycles. The lowest BCUT2D eigenvalue weighted by Gasteiger charge is -2.33. The summed E-state index contributed by atoms with van der Waals surface area (Å²) in [6.45, 7) is 11.5. The molecule has 0 aromatic heterocycles. The topological polar surface area (TPSA) is 55.6 Å². The molecule has 0 bridgehead atoms. The third kappa shape index (κ3) is 4.48. The van der Waals surface area contributed by atoms with E-state index in [4.69, 9.17) is 10.5 Å². The van der Waals surface area contributed by atoms with Crippen molar-refractivity contribution in [1.29, 1.82) is 0 Å². The van der Waals surface area contributed by atoms with Gasteiger partial charge >= 0.3 is 6.09 Å². The third-order valence-corrected chi connectivity index (χ3v) is 3.35. The van der Waals surface area contributed by atoms with Crippen molar-refractivity contribution in [2.24, 2.45) is 11.1 Å². The van der Waals surface area contributed by atoms with E-state index in [1.165, 1.54) is 0 Å². The van der Waals surface area contributed by atoms with Crippen LogP contribution in [0.5, 0.6) is 0 Å². The second-order valence-electron chi connectivity index (χ2n) is 7.04. The van der Waals surface area contributed by atoms with E-state index in [-0.39, 0.29) is 17.6 Å². The van der Waals surface area contributed by atoms with E-state index < -0.39 is 5.60 Å². The molecular weight excluding hydrogens is 228 g/mol. The number of nitrogens with two attached hydrogens (primary N) is 1. The van der Waals surface area contributed by atoms with Crippen LogP contribution in [-0.4, -0.2) is 35.7 Å². The number of ether oxygens (including phenoxy) is 1. The van der Waals surface area contributed by atoms with Gasteiger partial charge in [0, 0.05) is 12.6 Å². The monoisotopic (exact) mass is 256 g/mol. The van der Waals surface area contributed by atoms with Crippen LogP contribution in [0.2, 0.25) is 0 Å². The number of hydrogen-bond donors (Lipinski definition) is 1. The van der Waals surface area contributed by atoms with Gasteiger partial charge < -0.3 is 15.4 Å². The molecule has 0 aromatic carbocycles. The van der Waals surface area contributed by atoms with Crippen LogP contribution < -0.4 is 5.73 Å². The summed E-state index contributed by atoms with van der Waals surface area (Å²) in [5.41, 5.74) is 5.43. The number of rotatable bonds is 3. The second-order valence-corrected chi connectivity index (χ2v) is 7.04. The van der Waals surface area contributed by atoms with Gasteiger partial charge in [-0.05, 0) is 52.0 Å². The molecular formula is C14H28N2O2. The predicted octanol–water partition coefficient (Wildman–Crippen LogP) is 2.76. The molecule has 1 atom stereocenters. The number of amides is 1. The SMILES string of the molecule is CC(C)(CN)CC1CCCN1C(=O)OC(C)(C)C. The zero-order chi connectivity index (χ0) is 14.0. The van der Waals surface area contributed by atoms with Crippen LogP contribution >= 0.6 is 0 Å². The van der Waals surface area contributed by atoms with Crippen molar-refractivity contribution in [3.8, 4) is 0 Å². The average Bonchev–Trinajstić information content (AvgIpc) is 2.62.